The monoisotopic (exact) mass is 255 g/mol. The van der Waals surface area contributed by atoms with Crippen molar-refractivity contribution in [3.05, 3.63) is 29.3 Å². The van der Waals surface area contributed by atoms with Gasteiger partial charge in [0.2, 0.25) is 0 Å². The van der Waals surface area contributed by atoms with Crippen molar-refractivity contribution in [2.75, 3.05) is 24.7 Å². The lowest BCUT2D eigenvalue weighted by Crippen LogP contribution is -2.47. The van der Waals surface area contributed by atoms with Crippen molar-refractivity contribution in [2.24, 2.45) is 0 Å². The highest BCUT2D eigenvalue weighted by Crippen LogP contribution is 2.22. The van der Waals surface area contributed by atoms with Crippen LogP contribution in [0.2, 0.25) is 5.02 Å². The number of carbonyl (C=O) groups excluding carboxylic acids is 1. The van der Waals surface area contributed by atoms with Gasteiger partial charge in [-0.3, -0.25) is 4.79 Å². The lowest BCUT2D eigenvalue weighted by Gasteiger charge is -2.32. The molecule has 1 heterocycles. The molecular formula is C12H14ClNO3. The third-order valence-corrected chi connectivity index (χ3v) is 2.94. The Bertz CT molecular complexity index is 410. The second-order valence-corrected chi connectivity index (χ2v) is 4.37. The molecule has 2 rings (SSSR count). The lowest BCUT2D eigenvalue weighted by molar-refractivity contribution is -0.129. The first-order chi connectivity index (χ1) is 8.20. The lowest BCUT2D eigenvalue weighted by atomic mass is 10.2. The number of aliphatic hydroxyl groups is 1. The van der Waals surface area contributed by atoms with Crippen LogP contribution in [0.5, 0.6) is 0 Å². The number of aliphatic hydroxyl groups excluding tert-OH is 1. The van der Waals surface area contributed by atoms with E-state index in [4.69, 9.17) is 21.4 Å². The SMILES string of the molecule is O=C1COC(CCO)CN1c1cccc(Cl)c1. The predicted molar refractivity (Wildman–Crippen MR) is 65.2 cm³/mol. The molecule has 1 saturated heterocycles. The average Bonchev–Trinajstić information content (AvgIpc) is 2.32. The number of benzene rings is 1. The van der Waals surface area contributed by atoms with E-state index in [1.165, 1.54) is 0 Å². The van der Waals surface area contributed by atoms with Crippen LogP contribution in [0, 0.1) is 0 Å². The third kappa shape index (κ3) is 2.97. The van der Waals surface area contributed by atoms with E-state index in [1.54, 1.807) is 17.0 Å². The van der Waals surface area contributed by atoms with Gasteiger partial charge in [0, 0.05) is 17.3 Å². The Morgan fingerprint density at radius 2 is 2.35 bits per heavy atom. The molecule has 1 amide bonds. The number of ether oxygens (including phenoxy) is 1. The Morgan fingerprint density at radius 3 is 3.06 bits per heavy atom. The summed E-state index contributed by atoms with van der Waals surface area (Å²) in [5.41, 5.74) is 0.772. The Hall–Kier alpha value is -1.10. The molecule has 92 valence electrons. The van der Waals surface area contributed by atoms with Gasteiger partial charge in [0.15, 0.2) is 0 Å². The molecule has 0 saturated carbocycles. The van der Waals surface area contributed by atoms with Crippen LogP contribution in [0.1, 0.15) is 6.42 Å². The van der Waals surface area contributed by atoms with Gasteiger partial charge in [0.05, 0.1) is 12.6 Å². The van der Waals surface area contributed by atoms with Crippen molar-refractivity contribution in [3.8, 4) is 0 Å². The molecule has 1 aromatic carbocycles. The number of carbonyl (C=O) groups is 1. The summed E-state index contributed by atoms with van der Waals surface area (Å²) in [6.45, 7) is 0.569. The summed E-state index contributed by atoms with van der Waals surface area (Å²) in [6.07, 6.45) is 0.418. The molecule has 0 bridgehead atoms. The minimum Gasteiger partial charge on any atom is -0.396 e. The second kappa shape index (κ2) is 5.49. The normalized spacial score (nSPS) is 20.7. The van der Waals surface area contributed by atoms with Crippen molar-refractivity contribution < 1.29 is 14.6 Å². The second-order valence-electron chi connectivity index (χ2n) is 3.93. The molecule has 17 heavy (non-hydrogen) atoms. The molecule has 1 fully saturated rings. The van der Waals surface area contributed by atoms with Crippen LogP contribution in [0.25, 0.3) is 0 Å². The van der Waals surface area contributed by atoms with Crippen LogP contribution in [-0.4, -0.2) is 36.9 Å². The summed E-state index contributed by atoms with van der Waals surface area (Å²) in [4.78, 5) is 13.4. The number of hydrogen-bond acceptors (Lipinski definition) is 3. The minimum atomic E-state index is -0.114. The number of rotatable bonds is 3. The number of hydrogen-bond donors (Lipinski definition) is 1. The molecule has 5 heteroatoms. The van der Waals surface area contributed by atoms with Crippen molar-refractivity contribution in [1.29, 1.82) is 0 Å². The standard InChI is InChI=1S/C12H14ClNO3/c13-9-2-1-3-10(6-9)14-7-11(4-5-15)17-8-12(14)16/h1-3,6,11,15H,4-5,7-8H2. The Morgan fingerprint density at radius 1 is 1.53 bits per heavy atom. The third-order valence-electron chi connectivity index (χ3n) is 2.70. The summed E-state index contributed by atoms with van der Waals surface area (Å²) in [5.74, 6) is -0.0820. The van der Waals surface area contributed by atoms with E-state index >= 15 is 0 Å². The van der Waals surface area contributed by atoms with Crippen LogP contribution < -0.4 is 4.90 Å². The topological polar surface area (TPSA) is 49.8 Å². The Labute approximate surface area is 105 Å². The van der Waals surface area contributed by atoms with Crippen molar-refractivity contribution in [1.82, 2.24) is 0 Å². The maximum atomic E-state index is 11.8. The number of morpholine rings is 1. The van der Waals surface area contributed by atoms with Gasteiger partial charge in [0.25, 0.3) is 5.91 Å². The number of nitrogens with zero attached hydrogens (tertiary/aromatic N) is 1. The molecule has 0 spiro atoms. The summed E-state index contributed by atoms with van der Waals surface area (Å²) in [5, 5.41) is 9.48. The van der Waals surface area contributed by atoms with Gasteiger partial charge in [-0.2, -0.15) is 0 Å². The summed E-state index contributed by atoms with van der Waals surface area (Å²) in [6, 6.07) is 7.16. The van der Waals surface area contributed by atoms with Gasteiger partial charge >= 0.3 is 0 Å². The van der Waals surface area contributed by atoms with Crippen LogP contribution in [-0.2, 0) is 9.53 Å². The number of anilines is 1. The van der Waals surface area contributed by atoms with Crippen LogP contribution in [0.3, 0.4) is 0 Å². The van der Waals surface area contributed by atoms with Crippen LogP contribution >= 0.6 is 11.6 Å². The van der Waals surface area contributed by atoms with E-state index in [1.807, 2.05) is 12.1 Å². The van der Waals surface area contributed by atoms with Crippen LogP contribution in [0.15, 0.2) is 24.3 Å². The van der Waals surface area contributed by atoms with E-state index in [0.717, 1.165) is 5.69 Å². The zero-order valence-corrected chi connectivity index (χ0v) is 10.1. The van der Waals surface area contributed by atoms with E-state index in [-0.39, 0.29) is 25.2 Å². The molecular weight excluding hydrogens is 242 g/mol. The summed E-state index contributed by atoms with van der Waals surface area (Å²) >= 11 is 5.90. The minimum absolute atomic E-state index is 0.0528. The molecule has 0 radical (unpaired) electrons. The Kier molecular flexibility index (Phi) is 3.99. The first-order valence-corrected chi connectivity index (χ1v) is 5.87. The Balaban J connectivity index is 2.15. The summed E-state index contributed by atoms with van der Waals surface area (Å²) < 4.78 is 5.33. The van der Waals surface area contributed by atoms with Gasteiger partial charge in [0.1, 0.15) is 6.61 Å². The zero-order valence-electron chi connectivity index (χ0n) is 9.30. The fourth-order valence-electron chi connectivity index (χ4n) is 1.84. The van der Waals surface area contributed by atoms with Crippen LogP contribution in [0.4, 0.5) is 5.69 Å². The molecule has 1 aliphatic rings. The highest BCUT2D eigenvalue weighted by Gasteiger charge is 2.26. The number of halogens is 1. The summed E-state index contributed by atoms with van der Waals surface area (Å²) in [7, 11) is 0. The molecule has 1 aromatic rings. The predicted octanol–water partition coefficient (Wildman–Crippen LogP) is 1.45. The molecule has 1 aliphatic heterocycles. The fourth-order valence-corrected chi connectivity index (χ4v) is 2.02. The largest absolute Gasteiger partial charge is 0.396 e. The molecule has 1 N–H and O–H groups in total. The molecule has 4 nitrogen and oxygen atoms in total. The molecule has 1 unspecified atom stereocenters. The fraction of sp³-hybridized carbons (Fsp3) is 0.417. The smallest absolute Gasteiger partial charge is 0.253 e. The van der Waals surface area contributed by atoms with Crippen molar-refractivity contribution in [2.45, 2.75) is 12.5 Å². The van der Waals surface area contributed by atoms with E-state index in [9.17, 15) is 4.79 Å². The van der Waals surface area contributed by atoms with E-state index in [0.29, 0.717) is 18.0 Å². The average molecular weight is 256 g/mol. The molecule has 0 aromatic heterocycles. The zero-order chi connectivity index (χ0) is 12.3. The highest BCUT2D eigenvalue weighted by molar-refractivity contribution is 6.30. The van der Waals surface area contributed by atoms with Gasteiger partial charge in [-0.25, -0.2) is 0 Å². The van der Waals surface area contributed by atoms with Gasteiger partial charge in [-0.15, -0.1) is 0 Å². The van der Waals surface area contributed by atoms with E-state index in [2.05, 4.69) is 0 Å². The van der Waals surface area contributed by atoms with Gasteiger partial charge < -0.3 is 14.7 Å². The maximum absolute atomic E-state index is 11.8. The van der Waals surface area contributed by atoms with E-state index < -0.39 is 0 Å². The molecule has 0 aliphatic carbocycles. The van der Waals surface area contributed by atoms with Gasteiger partial charge in [-0.05, 0) is 24.6 Å². The number of amides is 1. The van der Waals surface area contributed by atoms with Gasteiger partial charge in [-0.1, -0.05) is 17.7 Å². The quantitative estimate of drug-likeness (QED) is 0.890. The van der Waals surface area contributed by atoms with Crippen molar-refractivity contribution >= 4 is 23.2 Å². The first-order valence-electron chi connectivity index (χ1n) is 5.49. The van der Waals surface area contributed by atoms with Crippen molar-refractivity contribution in [3.63, 3.8) is 0 Å². The maximum Gasteiger partial charge on any atom is 0.253 e. The molecule has 1 atom stereocenters. The first kappa shape index (κ1) is 12.4. The highest BCUT2D eigenvalue weighted by atomic mass is 35.5.